The number of hydrogen-bond donors (Lipinski definition) is 1. The van der Waals surface area contributed by atoms with Crippen LogP contribution in [-0.4, -0.2) is 17.1 Å². The predicted molar refractivity (Wildman–Crippen MR) is 99.9 cm³/mol. The molecule has 26 heavy (non-hydrogen) atoms. The third-order valence-corrected chi connectivity index (χ3v) is 4.36. The Kier molecular flexibility index (Phi) is 5.06. The first-order valence-electron chi connectivity index (χ1n) is 8.46. The summed E-state index contributed by atoms with van der Waals surface area (Å²) in [4.78, 5) is 14.0. The number of aryl methyl sites for hydroxylation is 1. The minimum atomic E-state index is -0.434. The van der Waals surface area contributed by atoms with Gasteiger partial charge in [-0.25, -0.2) is 4.79 Å². The highest BCUT2D eigenvalue weighted by molar-refractivity contribution is 5.82. The van der Waals surface area contributed by atoms with Crippen molar-refractivity contribution in [1.82, 2.24) is 4.90 Å². The molecule has 0 bridgehead atoms. The molecule has 0 saturated heterocycles. The Balaban J connectivity index is 1.92. The molecular weight excluding hydrogens is 328 g/mol. The van der Waals surface area contributed by atoms with Gasteiger partial charge in [-0.2, -0.15) is 5.26 Å². The molecule has 0 amide bonds. The molecule has 0 aliphatic heterocycles. The number of benzene rings is 2. The van der Waals surface area contributed by atoms with Crippen LogP contribution in [0.5, 0.6) is 5.75 Å². The van der Waals surface area contributed by atoms with Gasteiger partial charge in [0.1, 0.15) is 11.3 Å². The van der Waals surface area contributed by atoms with Gasteiger partial charge in [0.05, 0.1) is 11.6 Å². The lowest BCUT2D eigenvalue weighted by Gasteiger charge is -2.18. The molecule has 1 aromatic heterocycles. The van der Waals surface area contributed by atoms with Crippen LogP contribution in [0.3, 0.4) is 0 Å². The quantitative estimate of drug-likeness (QED) is 0.713. The normalized spacial score (nSPS) is 11.0. The maximum absolute atomic E-state index is 11.9. The summed E-state index contributed by atoms with van der Waals surface area (Å²) in [6.07, 6.45) is 0.692. The third-order valence-electron chi connectivity index (χ3n) is 4.36. The van der Waals surface area contributed by atoms with Gasteiger partial charge in [0, 0.05) is 30.6 Å². The minimum absolute atomic E-state index is 0.141. The van der Waals surface area contributed by atoms with Crippen molar-refractivity contribution < 1.29 is 9.52 Å². The number of hydrogen-bond acceptors (Lipinski definition) is 5. The van der Waals surface area contributed by atoms with Crippen molar-refractivity contribution in [2.45, 2.75) is 26.4 Å². The van der Waals surface area contributed by atoms with E-state index in [9.17, 15) is 9.90 Å². The second kappa shape index (κ2) is 7.42. The van der Waals surface area contributed by atoms with Gasteiger partial charge < -0.3 is 9.52 Å². The molecule has 132 valence electrons. The number of nitrogens with zero attached hydrogens (tertiary/aromatic N) is 2. The van der Waals surface area contributed by atoms with Crippen molar-refractivity contribution in [2.75, 3.05) is 7.05 Å². The van der Waals surface area contributed by atoms with E-state index in [0.717, 1.165) is 22.1 Å². The van der Waals surface area contributed by atoms with E-state index in [2.05, 4.69) is 11.0 Å². The van der Waals surface area contributed by atoms with Crippen molar-refractivity contribution in [3.05, 3.63) is 75.1 Å². The topological polar surface area (TPSA) is 77.5 Å². The maximum Gasteiger partial charge on any atom is 0.336 e. The van der Waals surface area contributed by atoms with Crippen molar-refractivity contribution in [2.24, 2.45) is 0 Å². The monoisotopic (exact) mass is 348 g/mol. The van der Waals surface area contributed by atoms with Crippen LogP contribution in [0.25, 0.3) is 11.0 Å². The molecule has 1 N–H and O–H groups in total. The van der Waals surface area contributed by atoms with E-state index in [-0.39, 0.29) is 5.75 Å². The van der Waals surface area contributed by atoms with E-state index in [0.29, 0.717) is 30.7 Å². The maximum atomic E-state index is 11.9. The standard InChI is InChI=1S/C21H20N2O3/c1-3-16-8-18-17(9-21(25)26-20(18)10-19(16)24)13-23(2)12-15-6-4-5-14(7-15)11-22/h4-10,24H,3,12-13H2,1-2H3. The number of fused-ring (bicyclic) bond motifs is 1. The fraction of sp³-hybridized carbons (Fsp3) is 0.238. The van der Waals surface area contributed by atoms with Crippen LogP contribution in [0.2, 0.25) is 0 Å². The highest BCUT2D eigenvalue weighted by atomic mass is 16.4. The Morgan fingerprint density at radius 1 is 1.15 bits per heavy atom. The predicted octanol–water partition coefficient (Wildman–Crippen LogP) is 3.56. The van der Waals surface area contributed by atoms with E-state index < -0.39 is 5.63 Å². The number of phenolic OH excluding ortho intramolecular Hbond substituents is 1. The summed E-state index contributed by atoms with van der Waals surface area (Å²) in [5.41, 5.74) is 3.29. The van der Waals surface area contributed by atoms with Crippen molar-refractivity contribution in [3.63, 3.8) is 0 Å². The summed E-state index contributed by atoms with van der Waals surface area (Å²) in [7, 11) is 1.96. The third kappa shape index (κ3) is 3.76. The van der Waals surface area contributed by atoms with Gasteiger partial charge in [-0.15, -0.1) is 0 Å². The average Bonchev–Trinajstić information content (AvgIpc) is 2.61. The Hall–Kier alpha value is -3.10. The van der Waals surface area contributed by atoms with Gasteiger partial charge in [0.15, 0.2) is 0 Å². The van der Waals surface area contributed by atoms with Crippen LogP contribution in [-0.2, 0) is 19.5 Å². The largest absolute Gasteiger partial charge is 0.508 e. The van der Waals surface area contributed by atoms with E-state index in [1.165, 1.54) is 12.1 Å². The van der Waals surface area contributed by atoms with E-state index in [1.807, 2.05) is 38.2 Å². The van der Waals surface area contributed by atoms with Gasteiger partial charge in [-0.05, 0) is 48.4 Å². The summed E-state index contributed by atoms with van der Waals surface area (Å²) in [5, 5.41) is 19.9. The Morgan fingerprint density at radius 3 is 2.69 bits per heavy atom. The lowest BCUT2D eigenvalue weighted by molar-refractivity contribution is 0.319. The first-order valence-corrected chi connectivity index (χ1v) is 8.46. The Bertz CT molecular complexity index is 1050. The van der Waals surface area contributed by atoms with Crippen LogP contribution < -0.4 is 5.63 Å². The average molecular weight is 348 g/mol. The molecule has 0 atom stereocenters. The van der Waals surface area contributed by atoms with E-state index in [1.54, 1.807) is 6.07 Å². The molecule has 0 fully saturated rings. The fourth-order valence-corrected chi connectivity index (χ4v) is 3.12. The molecule has 1 heterocycles. The zero-order chi connectivity index (χ0) is 18.7. The molecule has 2 aromatic carbocycles. The number of rotatable bonds is 5. The molecule has 5 nitrogen and oxygen atoms in total. The molecule has 0 saturated carbocycles. The summed E-state index contributed by atoms with van der Waals surface area (Å²) >= 11 is 0. The molecular formula is C21H20N2O3. The number of nitriles is 1. The molecule has 0 unspecified atom stereocenters. The molecule has 0 aliphatic carbocycles. The van der Waals surface area contributed by atoms with E-state index in [4.69, 9.17) is 9.68 Å². The zero-order valence-corrected chi connectivity index (χ0v) is 14.8. The molecule has 5 heteroatoms. The van der Waals surface area contributed by atoms with Crippen LogP contribution in [0, 0.1) is 11.3 Å². The van der Waals surface area contributed by atoms with Crippen LogP contribution >= 0.6 is 0 Å². The Morgan fingerprint density at radius 2 is 1.96 bits per heavy atom. The van der Waals surface area contributed by atoms with Gasteiger partial charge >= 0.3 is 5.63 Å². The van der Waals surface area contributed by atoms with Crippen LogP contribution in [0.15, 0.2) is 51.7 Å². The Labute approximate surface area is 151 Å². The number of phenols is 1. The lowest BCUT2D eigenvalue weighted by Crippen LogP contribution is -2.18. The summed E-state index contributed by atoms with van der Waals surface area (Å²) < 4.78 is 5.24. The number of aromatic hydroxyl groups is 1. The highest BCUT2D eigenvalue weighted by Gasteiger charge is 2.12. The second-order valence-corrected chi connectivity index (χ2v) is 6.41. The molecule has 0 aliphatic rings. The minimum Gasteiger partial charge on any atom is -0.508 e. The summed E-state index contributed by atoms with van der Waals surface area (Å²) in [6, 6.07) is 14.5. The second-order valence-electron chi connectivity index (χ2n) is 6.41. The first kappa shape index (κ1) is 17.7. The molecule has 3 rings (SSSR count). The van der Waals surface area contributed by atoms with Gasteiger partial charge in [0.25, 0.3) is 0 Å². The van der Waals surface area contributed by atoms with Crippen LogP contribution in [0.4, 0.5) is 0 Å². The van der Waals surface area contributed by atoms with Crippen LogP contribution in [0.1, 0.15) is 29.2 Å². The van der Waals surface area contributed by atoms with Gasteiger partial charge in [-0.1, -0.05) is 19.1 Å². The first-order chi connectivity index (χ1) is 12.5. The van der Waals surface area contributed by atoms with Crippen molar-refractivity contribution >= 4 is 11.0 Å². The van der Waals surface area contributed by atoms with E-state index >= 15 is 0 Å². The zero-order valence-electron chi connectivity index (χ0n) is 14.8. The lowest BCUT2D eigenvalue weighted by atomic mass is 10.0. The fourth-order valence-electron chi connectivity index (χ4n) is 3.12. The molecule has 0 spiro atoms. The summed E-state index contributed by atoms with van der Waals surface area (Å²) in [6.45, 7) is 3.16. The van der Waals surface area contributed by atoms with Crippen molar-refractivity contribution in [1.29, 1.82) is 5.26 Å². The SMILES string of the molecule is CCc1cc2c(CN(C)Cc3cccc(C#N)c3)cc(=O)oc2cc1O. The van der Waals surface area contributed by atoms with Gasteiger partial charge in [0.2, 0.25) is 0 Å². The van der Waals surface area contributed by atoms with Gasteiger partial charge in [-0.3, -0.25) is 4.90 Å². The summed E-state index contributed by atoms with van der Waals surface area (Å²) in [5.74, 6) is 0.141. The highest BCUT2D eigenvalue weighted by Crippen LogP contribution is 2.27. The molecule has 0 radical (unpaired) electrons. The molecule has 3 aromatic rings. The van der Waals surface area contributed by atoms with Crippen molar-refractivity contribution in [3.8, 4) is 11.8 Å². The smallest absolute Gasteiger partial charge is 0.336 e.